The van der Waals surface area contributed by atoms with Crippen molar-refractivity contribution < 1.29 is 8.76 Å². The molecule has 0 amide bonds. The van der Waals surface area contributed by atoms with Crippen LogP contribution in [-0.2, 0) is 10.8 Å². The first kappa shape index (κ1) is 9.29. The Kier molecular flexibility index (Phi) is 3.62. The summed E-state index contributed by atoms with van der Waals surface area (Å²) in [6.07, 6.45) is 4.43. The standard InChI is InChI=1S/C7H12O2S2/c1-2-3-6-4-5-7(10-8)11(6)9/h2,6-8H,1,3-5H2. The van der Waals surface area contributed by atoms with Crippen LogP contribution in [0.2, 0.25) is 0 Å². The lowest BCUT2D eigenvalue weighted by molar-refractivity contribution is 0.654. The highest BCUT2D eigenvalue weighted by Crippen LogP contribution is 2.31. The van der Waals surface area contributed by atoms with Gasteiger partial charge in [0.05, 0.1) is 0 Å². The molecule has 2 nitrogen and oxygen atoms in total. The summed E-state index contributed by atoms with van der Waals surface area (Å²) < 4.78 is 20.1. The van der Waals surface area contributed by atoms with Crippen molar-refractivity contribution in [2.75, 3.05) is 0 Å². The fourth-order valence-corrected chi connectivity index (χ4v) is 3.81. The van der Waals surface area contributed by atoms with E-state index in [0.29, 0.717) is 0 Å². The third kappa shape index (κ3) is 2.07. The Labute approximate surface area is 73.7 Å². The molecule has 1 heterocycles. The average Bonchev–Trinajstić information content (AvgIpc) is 2.34. The van der Waals surface area contributed by atoms with Crippen LogP contribution in [0.25, 0.3) is 0 Å². The van der Waals surface area contributed by atoms with Crippen LogP contribution in [0, 0.1) is 0 Å². The summed E-state index contributed by atoms with van der Waals surface area (Å²) in [5.41, 5.74) is 0. The second-order valence-electron chi connectivity index (χ2n) is 2.59. The topological polar surface area (TPSA) is 37.3 Å². The van der Waals surface area contributed by atoms with Crippen molar-refractivity contribution in [3.8, 4) is 0 Å². The van der Waals surface area contributed by atoms with Gasteiger partial charge in [0, 0.05) is 28.1 Å². The summed E-state index contributed by atoms with van der Waals surface area (Å²) >= 11 is 0.736. The number of rotatable bonds is 3. The van der Waals surface area contributed by atoms with Gasteiger partial charge in [0.15, 0.2) is 0 Å². The van der Waals surface area contributed by atoms with Crippen LogP contribution in [0.5, 0.6) is 0 Å². The van der Waals surface area contributed by atoms with Crippen LogP contribution < -0.4 is 0 Å². The Morgan fingerprint density at radius 3 is 2.91 bits per heavy atom. The van der Waals surface area contributed by atoms with Gasteiger partial charge in [-0.2, -0.15) is 0 Å². The fraction of sp³-hybridized carbons (Fsp3) is 0.714. The van der Waals surface area contributed by atoms with E-state index in [1.54, 1.807) is 6.08 Å². The molecule has 1 aliphatic rings. The minimum absolute atomic E-state index is 0.0556. The first-order chi connectivity index (χ1) is 5.29. The van der Waals surface area contributed by atoms with Gasteiger partial charge < -0.3 is 4.55 Å². The SMILES string of the molecule is C=CCC1CCC(SO)S1=O. The molecule has 1 rings (SSSR count). The molecule has 0 aromatic carbocycles. The largest absolute Gasteiger partial charge is 0.329 e. The van der Waals surface area contributed by atoms with Crippen molar-refractivity contribution >= 4 is 22.8 Å². The molecule has 0 spiro atoms. The summed E-state index contributed by atoms with van der Waals surface area (Å²) in [6, 6.07) is 0. The number of hydrogen-bond acceptors (Lipinski definition) is 3. The Balaban J connectivity index is 2.48. The maximum atomic E-state index is 11.4. The second-order valence-corrected chi connectivity index (χ2v) is 5.56. The van der Waals surface area contributed by atoms with Crippen molar-refractivity contribution in [1.82, 2.24) is 0 Å². The minimum Gasteiger partial charge on any atom is -0.329 e. The molecule has 3 atom stereocenters. The lowest BCUT2D eigenvalue weighted by Crippen LogP contribution is -2.11. The van der Waals surface area contributed by atoms with Crippen LogP contribution in [-0.4, -0.2) is 18.6 Å². The molecular formula is C7H12O2S2. The van der Waals surface area contributed by atoms with Crippen LogP contribution in [0.3, 0.4) is 0 Å². The van der Waals surface area contributed by atoms with Crippen molar-refractivity contribution in [2.45, 2.75) is 29.1 Å². The van der Waals surface area contributed by atoms with Gasteiger partial charge in [-0.05, 0) is 19.3 Å². The van der Waals surface area contributed by atoms with Gasteiger partial charge in [0.1, 0.15) is 4.58 Å². The van der Waals surface area contributed by atoms with E-state index in [-0.39, 0.29) is 9.83 Å². The molecule has 64 valence electrons. The maximum absolute atomic E-state index is 11.4. The molecule has 4 heteroatoms. The zero-order chi connectivity index (χ0) is 8.27. The monoisotopic (exact) mass is 192 g/mol. The quantitative estimate of drug-likeness (QED) is 0.549. The van der Waals surface area contributed by atoms with Crippen LogP contribution in [0.4, 0.5) is 0 Å². The Bertz CT molecular complexity index is 170. The molecule has 0 radical (unpaired) electrons. The van der Waals surface area contributed by atoms with Gasteiger partial charge in [-0.15, -0.1) is 6.58 Å². The smallest absolute Gasteiger partial charge is 0.106 e. The third-order valence-electron chi connectivity index (χ3n) is 1.86. The summed E-state index contributed by atoms with van der Waals surface area (Å²) in [6.45, 7) is 3.61. The van der Waals surface area contributed by atoms with Gasteiger partial charge in [-0.3, -0.25) is 4.21 Å². The maximum Gasteiger partial charge on any atom is 0.106 e. The van der Waals surface area contributed by atoms with Crippen molar-refractivity contribution in [3.63, 3.8) is 0 Å². The molecule has 0 aromatic heterocycles. The predicted octanol–water partition coefficient (Wildman–Crippen LogP) is 2.01. The summed E-state index contributed by atoms with van der Waals surface area (Å²) in [5, 5.41) is 0.233. The van der Waals surface area contributed by atoms with E-state index in [4.69, 9.17) is 4.55 Å². The van der Waals surface area contributed by atoms with Crippen LogP contribution >= 0.6 is 12.0 Å². The zero-order valence-corrected chi connectivity index (χ0v) is 7.87. The lowest BCUT2D eigenvalue weighted by Gasteiger charge is -2.05. The Morgan fingerprint density at radius 1 is 1.73 bits per heavy atom. The molecule has 0 saturated carbocycles. The zero-order valence-electron chi connectivity index (χ0n) is 6.23. The molecule has 1 saturated heterocycles. The van der Waals surface area contributed by atoms with Gasteiger partial charge >= 0.3 is 0 Å². The van der Waals surface area contributed by atoms with Crippen molar-refractivity contribution in [1.29, 1.82) is 0 Å². The highest BCUT2D eigenvalue weighted by atomic mass is 32.2. The first-order valence-electron chi connectivity index (χ1n) is 3.60. The number of hydrogen-bond donors (Lipinski definition) is 1. The van der Waals surface area contributed by atoms with E-state index in [1.807, 2.05) is 0 Å². The minimum atomic E-state index is -0.857. The molecule has 3 unspecified atom stereocenters. The van der Waals surface area contributed by atoms with E-state index in [0.717, 1.165) is 31.3 Å². The predicted molar refractivity (Wildman–Crippen MR) is 50.0 cm³/mol. The average molecular weight is 192 g/mol. The summed E-state index contributed by atoms with van der Waals surface area (Å²) in [7, 11) is -0.857. The Hall–Kier alpha value is 0.200. The van der Waals surface area contributed by atoms with E-state index < -0.39 is 10.8 Å². The van der Waals surface area contributed by atoms with Crippen molar-refractivity contribution in [3.05, 3.63) is 12.7 Å². The van der Waals surface area contributed by atoms with Crippen LogP contribution in [0.1, 0.15) is 19.3 Å². The van der Waals surface area contributed by atoms with E-state index >= 15 is 0 Å². The lowest BCUT2D eigenvalue weighted by atomic mass is 10.2. The van der Waals surface area contributed by atoms with E-state index in [9.17, 15) is 4.21 Å². The normalized spacial score (nSPS) is 37.4. The highest BCUT2D eigenvalue weighted by Gasteiger charge is 2.31. The molecule has 1 aliphatic heterocycles. The van der Waals surface area contributed by atoms with E-state index in [2.05, 4.69) is 6.58 Å². The van der Waals surface area contributed by atoms with Gasteiger partial charge in [-0.1, -0.05) is 6.08 Å². The highest BCUT2D eigenvalue weighted by molar-refractivity contribution is 8.08. The second kappa shape index (κ2) is 4.28. The number of allylic oxidation sites excluding steroid dienone is 1. The molecule has 0 aromatic rings. The summed E-state index contributed by atoms with van der Waals surface area (Å²) in [5.74, 6) is 0. The third-order valence-corrected chi connectivity index (χ3v) is 5.00. The fourth-order valence-electron chi connectivity index (χ4n) is 1.26. The molecule has 0 bridgehead atoms. The first-order valence-corrected chi connectivity index (χ1v) is 5.71. The van der Waals surface area contributed by atoms with E-state index in [1.165, 1.54) is 0 Å². The van der Waals surface area contributed by atoms with Gasteiger partial charge in [-0.25, -0.2) is 0 Å². The van der Waals surface area contributed by atoms with Crippen molar-refractivity contribution in [2.24, 2.45) is 0 Å². The molecule has 1 N–H and O–H groups in total. The van der Waals surface area contributed by atoms with Gasteiger partial charge in [0.25, 0.3) is 0 Å². The molecule has 11 heavy (non-hydrogen) atoms. The Morgan fingerprint density at radius 2 is 2.45 bits per heavy atom. The van der Waals surface area contributed by atoms with Gasteiger partial charge in [0.2, 0.25) is 0 Å². The molecule has 0 aliphatic carbocycles. The molecular weight excluding hydrogens is 180 g/mol. The molecule has 1 fully saturated rings. The summed E-state index contributed by atoms with van der Waals surface area (Å²) in [4.78, 5) is 0. The van der Waals surface area contributed by atoms with Crippen LogP contribution in [0.15, 0.2) is 12.7 Å².